The van der Waals surface area contributed by atoms with Gasteiger partial charge in [0.05, 0.1) is 6.54 Å². The third-order valence-corrected chi connectivity index (χ3v) is 1.95. The van der Waals surface area contributed by atoms with Gasteiger partial charge < -0.3 is 20.9 Å². The molecule has 4 N–H and O–H groups in total. The summed E-state index contributed by atoms with van der Waals surface area (Å²) in [5.41, 5.74) is 5.26. The molecule has 0 saturated carbocycles. The summed E-state index contributed by atoms with van der Waals surface area (Å²) in [6.07, 6.45) is 0.933. The van der Waals surface area contributed by atoms with Crippen LogP contribution < -0.4 is 16.4 Å². The van der Waals surface area contributed by atoms with Gasteiger partial charge in [0.25, 0.3) is 0 Å². The number of amides is 2. The quantitative estimate of drug-likeness (QED) is 0.636. The van der Waals surface area contributed by atoms with Crippen molar-refractivity contribution in [3.63, 3.8) is 0 Å². The van der Waals surface area contributed by atoms with Crippen LogP contribution in [0.2, 0.25) is 0 Å². The molecular formula is C10H16N4O3. The summed E-state index contributed by atoms with van der Waals surface area (Å²) in [5, 5.41) is 8.57. The first-order valence-corrected chi connectivity index (χ1v) is 5.31. The second-order valence-electron chi connectivity index (χ2n) is 3.54. The zero-order valence-electron chi connectivity index (χ0n) is 9.66. The Morgan fingerprint density at radius 1 is 1.47 bits per heavy atom. The molecule has 0 aliphatic rings. The third kappa shape index (κ3) is 5.12. The molecule has 1 aromatic rings. The van der Waals surface area contributed by atoms with E-state index in [0.29, 0.717) is 31.0 Å². The molecule has 1 rings (SSSR count). The minimum absolute atomic E-state index is 0.0880. The Balaban J connectivity index is 2.23. The Morgan fingerprint density at radius 2 is 2.24 bits per heavy atom. The first-order valence-electron chi connectivity index (χ1n) is 5.31. The summed E-state index contributed by atoms with van der Waals surface area (Å²) in [4.78, 5) is 22.5. The molecule has 0 radical (unpaired) electrons. The molecule has 94 valence electrons. The van der Waals surface area contributed by atoms with E-state index in [4.69, 9.17) is 10.3 Å². The first-order chi connectivity index (χ1) is 8.11. The zero-order chi connectivity index (χ0) is 12.7. The second kappa shape index (κ2) is 6.64. The lowest BCUT2D eigenvalue weighted by Gasteiger charge is -2.03. The Bertz CT molecular complexity index is 389. The maximum Gasteiger partial charge on any atom is 0.245 e. The number of nitrogens with one attached hydrogen (secondary N) is 2. The van der Waals surface area contributed by atoms with E-state index in [0.717, 1.165) is 0 Å². The number of carbonyl (C=O) groups is 2. The lowest BCUT2D eigenvalue weighted by molar-refractivity contribution is -0.124. The van der Waals surface area contributed by atoms with E-state index in [1.165, 1.54) is 0 Å². The smallest absolute Gasteiger partial charge is 0.245 e. The van der Waals surface area contributed by atoms with E-state index >= 15 is 0 Å². The van der Waals surface area contributed by atoms with Crippen LogP contribution in [0.25, 0.3) is 0 Å². The SMILES string of the molecule is Cc1cc(NC(=O)CNC(=O)CCCN)no1. The molecule has 0 atom stereocenters. The highest BCUT2D eigenvalue weighted by molar-refractivity contribution is 5.93. The molecule has 0 aromatic carbocycles. The van der Waals surface area contributed by atoms with E-state index in [-0.39, 0.29) is 18.4 Å². The largest absolute Gasteiger partial charge is 0.360 e. The van der Waals surface area contributed by atoms with Gasteiger partial charge in [-0.1, -0.05) is 5.16 Å². The van der Waals surface area contributed by atoms with Crippen molar-refractivity contribution in [3.8, 4) is 0 Å². The molecular weight excluding hydrogens is 224 g/mol. The van der Waals surface area contributed by atoms with Gasteiger partial charge in [-0.25, -0.2) is 0 Å². The lowest BCUT2D eigenvalue weighted by Crippen LogP contribution is -2.33. The van der Waals surface area contributed by atoms with Gasteiger partial charge in [-0.3, -0.25) is 9.59 Å². The fourth-order valence-electron chi connectivity index (χ4n) is 1.14. The number of aryl methyl sites for hydroxylation is 1. The molecule has 0 unspecified atom stereocenters. The normalized spacial score (nSPS) is 10.0. The van der Waals surface area contributed by atoms with Gasteiger partial charge in [-0.2, -0.15) is 0 Å². The van der Waals surface area contributed by atoms with Crippen LogP contribution in [0.15, 0.2) is 10.6 Å². The minimum Gasteiger partial charge on any atom is -0.360 e. The van der Waals surface area contributed by atoms with Gasteiger partial charge in [0.1, 0.15) is 5.76 Å². The summed E-state index contributed by atoms with van der Waals surface area (Å²) in [6.45, 7) is 2.09. The number of nitrogens with two attached hydrogens (primary N) is 1. The standard InChI is InChI=1S/C10H16N4O3/c1-7-5-8(14-17-7)13-10(16)6-12-9(15)3-2-4-11/h5H,2-4,6,11H2,1H3,(H,12,15)(H,13,14,16). The minimum atomic E-state index is -0.348. The van der Waals surface area contributed by atoms with Crippen LogP contribution in [0.5, 0.6) is 0 Å². The third-order valence-electron chi connectivity index (χ3n) is 1.95. The average Bonchev–Trinajstić information content (AvgIpc) is 2.69. The number of carbonyl (C=O) groups excluding carboxylic acids is 2. The maximum atomic E-state index is 11.4. The van der Waals surface area contributed by atoms with Crippen LogP contribution in [0.3, 0.4) is 0 Å². The fourth-order valence-corrected chi connectivity index (χ4v) is 1.14. The number of anilines is 1. The molecule has 1 aromatic heterocycles. The number of nitrogens with zero attached hydrogens (tertiary/aromatic N) is 1. The van der Waals surface area contributed by atoms with Gasteiger partial charge in [0.15, 0.2) is 5.82 Å². The molecule has 0 bridgehead atoms. The van der Waals surface area contributed by atoms with Crippen molar-refractivity contribution in [3.05, 3.63) is 11.8 Å². The zero-order valence-corrected chi connectivity index (χ0v) is 9.66. The molecule has 0 spiro atoms. The second-order valence-corrected chi connectivity index (χ2v) is 3.54. The van der Waals surface area contributed by atoms with Crippen LogP contribution in [0, 0.1) is 6.92 Å². The predicted molar refractivity (Wildman–Crippen MR) is 61.2 cm³/mol. The van der Waals surface area contributed by atoms with Gasteiger partial charge in [0, 0.05) is 12.5 Å². The Morgan fingerprint density at radius 3 is 2.82 bits per heavy atom. The topological polar surface area (TPSA) is 110 Å². The van der Waals surface area contributed by atoms with E-state index in [2.05, 4.69) is 15.8 Å². The highest BCUT2D eigenvalue weighted by Gasteiger charge is 2.07. The van der Waals surface area contributed by atoms with Gasteiger partial charge in [0.2, 0.25) is 11.8 Å². The van der Waals surface area contributed by atoms with E-state index in [9.17, 15) is 9.59 Å². The van der Waals surface area contributed by atoms with E-state index < -0.39 is 0 Å². The van der Waals surface area contributed by atoms with Crippen molar-refractivity contribution in [2.45, 2.75) is 19.8 Å². The summed E-state index contributed by atoms with van der Waals surface area (Å²) < 4.78 is 4.78. The van der Waals surface area contributed by atoms with Crippen molar-refractivity contribution in [1.82, 2.24) is 10.5 Å². The van der Waals surface area contributed by atoms with Crippen molar-refractivity contribution in [2.75, 3.05) is 18.4 Å². The Kier molecular flexibility index (Phi) is 5.15. The van der Waals surface area contributed by atoms with E-state index in [1.54, 1.807) is 13.0 Å². The van der Waals surface area contributed by atoms with Gasteiger partial charge in [-0.05, 0) is 19.9 Å². The van der Waals surface area contributed by atoms with Crippen molar-refractivity contribution in [2.24, 2.45) is 5.73 Å². The molecule has 7 nitrogen and oxygen atoms in total. The average molecular weight is 240 g/mol. The number of rotatable bonds is 6. The molecule has 2 amide bonds. The van der Waals surface area contributed by atoms with Crippen LogP contribution in [0.1, 0.15) is 18.6 Å². The Hall–Kier alpha value is -1.89. The van der Waals surface area contributed by atoms with Gasteiger partial charge >= 0.3 is 0 Å². The van der Waals surface area contributed by atoms with Crippen molar-refractivity contribution >= 4 is 17.6 Å². The Labute approximate surface area is 98.7 Å². The van der Waals surface area contributed by atoms with Crippen LogP contribution in [-0.4, -0.2) is 30.1 Å². The van der Waals surface area contributed by atoms with E-state index in [1.807, 2.05) is 0 Å². The summed E-state index contributed by atoms with van der Waals surface area (Å²) in [6, 6.07) is 1.59. The fraction of sp³-hybridized carbons (Fsp3) is 0.500. The predicted octanol–water partition coefficient (Wildman–Crippen LogP) is -0.223. The summed E-state index contributed by atoms with van der Waals surface area (Å²) in [5.74, 6) is 0.400. The van der Waals surface area contributed by atoms with Gasteiger partial charge in [-0.15, -0.1) is 0 Å². The molecule has 0 aliphatic carbocycles. The summed E-state index contributed by atoms with van der Waals surface area (Å²) in [7, 11) is 0. The number of aromatic nitrogens is 1. The maximum absolute atomic E-state index is 11.4. The molecule has 0 saturated heterocycles. The number of hydrogen-bond donors (Lipinski definition) is 3. The van der Waals surface area contributed by atoms with Crippen LogP contribution in [-0.2, 0) is 9.59 Å². The summed E-state index contributed by atoms with van der Waals surface area (Å²) >= 11 is 0. The lowest BCUT2D eigenvalue weighted by atomic mass is 10.3. The van der Waals surface area contributed by atoms with Crippen molar-refractivity contribution in [1.29, 1.82) is 0 Å². The number of hydrogen-bond acceptors (Lipinski definition) is 5. The molecule has 0 aliphatic heterocycles. The first kappa shape index (κ1) is 13.2. The molecule has 17 heavy (non-hydrogen) atoms. The molecule has 0 fully saturated rings. The molecule has 7 heteroatoms. The highest BCUT2D eigenvalue weighted by Crippen LogP contribution is 2.06. The monoisotopic (exact) mass is 240 g/mol. The molecule has 1 heterocycles. The van der Waals surface area contributed by atoms with Crippen molar-refractivity contribution < 1.29 is 14.1 Å². The van der Waals surface area contributed by atoms with Crippen LogP contribution in [0.4, 0.5) is 5.82 Å². The van der Waals surface area contributed by atoms with Crippen LogP contribution >= 0.6 is 0 Å². The highest BCUT2D eigenvalue weighted by atomic mass is 16.5.